The minimum Gasteiger partial charge on any atom is -0.480 e. The van der Waals surface area contributed by atoms with Crippen LogP contribution >= 0.6 is 0 Å². The molecule has 4 nitrogen and oxygen atoms in total. The fraction of sp³-hybridized carbons (Fsp3) is 0.929. The minimum absolute atomic E-state index is 0.109. The van der Waals surface area contributed by atoms with Crippen LogP contribution in [0.2, 0.25) is 0 Å². The molecule has 4 heteroatoms. The molecule has 1 atom stereocenters. The van der Waals surface area contributed by atoms with Gasteiger partial charge in [-0.3, -0.25) is 10.1 Å². The minimum atomic E-state index is -0.775. The van der Waals surface area contributed by atoms with Gasteiger partial charge in [0.25, 0.3) is 0 Å². The van der Waals surface area contributed by atoms with Crippen molar-refractivity contribution in [3.63, 3.8) is 0 Å². The molecular formula is C14H27NO3. The predicted molar refractivity (Wildman–Crippen MR) is 71.8 cm³/mol. The number of hydrogen-bond acceptors (Lipinski definition) is 3. The van der Waals surface area contributed by atoms with Crippen LogP contribution in [0.1, 0.15) is 59.8 Å². The molecule has 1 unspecified atom stereocenters. The number of nitrogens with one attached hydrogen (secondary N) is 1. The van der Waals surface area contributed by atoms with Gasteiger partial charge >= 0.3 is 5.97 Å². The van der Waals surface area contributed by atoms with Crippen LogP contribution in [0.4, 0.5) is 0 Å². The number of hydrogen-bond donors (Lipinski definition) is 2. The average Bonchev–Trinajstić information content (AvgIpc) is 2.99. The Morgan fingerprint density at radius 2 is 1.89 bits per heavy atom. The lowest BCUT2D eigenvalue weighted by atomic mass is 9.95. The van der Waals surface area contributed by atoms with Crippen LogP contribution in [0.3, 0.4) is 0 Å². The molecule has 0 aliphatic heterocycles. The smallest absolute Gasteiger partial charge is 0.323 e. The zero-order valence-electron chi connectivity index (χ0n) is 12.1. The number of unbranched alkanes of at least 4 members (excludes halogenated alkanes) is 1. The average molecular weight is 257 g/mol. The van der Waals surface area contributed by atoms with Gasteiger partial charge in [-0.2, -0.15) is 0 Å². The molecule has 0 aromatic carbocycles. The Bertz CT molecular complexity index is 281. The van der Waals surface area contributed by atoms with Crippen LogP contribution in [-0.2, 0) is 9.53 Å². The van der Waals surface area contributed by atoms with Crippen molar-refractivity contribution in [1.82, 2.24) is 5.32 Å². The normalized spacial score (nSPS) is 19.6. The molecule has 1 fully saturated rings. The monoisotopic (exact) mass is 257 g/mol. The van der Waals surface area contributed by atoms with Gasteiger partial charge in [-0.05, 0) is 59.8 Å². The molecule has 0 radical (unpaired) electrons. The largest absolute Gasteiger partial charge is 0.480 e. The Kier molecular flexibility index (Phi) is 5.17. The Morgan fingerprint density at radius 3 is 2.33 bits per heavy atom. The highest BCUT2D eigenvalue weighted by molar-refractivity contribution is 5.78. The molecule has 0 heterocycles. The van der Waals surface area contributed by atoms with Crippen molar-refractivity contribution < 1.29 is 14.6 Å². The van der Waals surface area contributed by atoms with Gasteiger partial charge in [-0.25, -0.2) is 0 Å². The van der Waals surface area contributed by atoms with E-state index < -0.39 is 11.5 Å². The fourth-order valence-corrected chi connectivity index (χ4v) is 1.88. The third kappa shape index (κ3) is 5.83. The summed E-state index contributed by atoms with van der Waals surface area (Å²) in [7, 11) is 0. The number of carboxylic acids is 1. The molecule has 1 aliphatic rings. The van der Waals surface area contributed by atoms with E-state index in [9.17, 15) is 9.90 Å². The molecule has 1 saturated carbocycles. The summed E-state index contributed by atoms with van der Waals surface area (Å²) in [5, 5.41) is 12.5. The van der Waals surface area contributed by atoms with E-state index in [4.69, 9.17) is 4.74 Å². The second-order valence-corrected chi connectivity index (χ2v) is 6.47. The first-order valence-electron chi connectivity index (χ1n) is 6.88. The summed E-state index contributed by atoms with van der Waals surface area (Å²) in [4.78, 5) is 11.3. The summed E-state index contributed by atoms with van der Waals surface area (Å²) in [5.74, 6) is -0.744. The first kappa shape index (κ1) is 15.4. The molecule has 1 aliphatic carbocycles. The van der Waals surface area contributed by atoms with Crippen molar-refractivity contribution in [3.05, 3.63) is 0 Å². The second kappa shape index (κ2) is 6.02. The lowest BCUT2D eigenvalue weighted by molar-refractivity contribution is -0.144. The summed E-state index contributed by atoms with van der Waals surface area (Å²) in [5.41, 5.74) is -0.884. The van der Waals surface area contributed by atoms with Gasteiger partial charge in [0.15, 0.2) is 0 Å². The van der Waals surface area contributed by atoms with Crippen molar-refractivity contribution in [3.8, 4) is 0 Å². The quantitative estimate of drug-likeness (QED) is 0.656. The highest BCUT2D eigenvalue weighted by atomic mass is 16.5. The van der Waals surface area contributed by atoms with Crippen molar-refractivity contribution in [2.24, 2.45) is 0 Å². The molecule has 1 rings (SSSR count). The van der Waals surface area contributed by atoms with E-state index in [-0.39, 0.29) is 5.60 Å². The Hall–Kier alpha value is -0.610. The van der Waals surface area contributed by atoms with E-state index in [0.717, 1.165) is 25.7 Å². The summed E-state index contributed by atoms with van der Waals surface area (Å²) in [6, 6.07) is 0.414. The first-order chi connectivity index (χ1) is 8.23. The lowest BCUT2D eigenvalue weighted by Crippen LogP contribution is -2.50. The zero-order valence-corrected chi connectivity index (χ0v) is 12.1. The maximum absolute atomic E-state index is 11.3. The van der Waals surface area contributed by atoms with Gasteiger partial charge < -0.3 is 9.84 Å². The molecule has 18 heavy (non-hydrogen) atoms. The van der Waals surface area contributed by atoms with Crippen molar-refractivity contribution in [2.45, 2.75) is 77.0 Å². The van der Waals surface area contributed by atoms with Crippen molar-refractivity contribution in [2.75, 3.05) is 6.61 Å². The van der Waals surface area contributed by atoms with Gasteiger partial charge in [0.2, 0.25) is 0 Å². The summed E-state index contributed by atoms with van der Waals surface area (Å²) < 4.78 is 5.63. The van der Waals surface area contributed by atoms with E-state index in [0.29, 0.717) is 19.1 Å². The van der Waals surface area contributed by atoms with Crippen LogP contribution in [-0.4, -0.2) is 34.9 Å². The highest BCUT2D eigenvalue weighted by Gasteiger charge is 2.37. The van der Waals surface area contributed by atoms with Crippen molar-refractivity contribution >= 4 is 5.97 Å². The van der Waals surface area contributed by atoms with Gasteiger partial charge in [0.05, 0.1) is 5.60 Å². The van der Waals surface area contributed by atoms with Gasteiger partial charge in [-0.15, -0.1) is 0 Å². The fourth-order valence-electron chi connectivity index (χ4n) is 1.88. The third-order valence-corrected chi connectivity index (χ3v) is 3.18. The number of carbonyl (C=O) groups is 1. The van der Waals surface area contributed by atoms with Crippen LogP contribution in [0, 0.1) is 0 Å². The Balaban J connectivity index is 2.23. The molecule has 0 bridgehead atoms. The molecule has 0 aromatic heterocycles. The zero-order chi connectivity index (χ0) is 13.8. The van der Waals surface area contributed by atoms with Gasteiger partial charge in [-0.1, -0.05) is 0 Å². The molecule has 2 N–H and O–H groups in total. The SMILES string of the molecule is CC(C)(C)OCCCCC(C)(NC1CC1)C(=O)O. The van der Waals surface area contributed by atoms with Gasteiger partial charge in [0.1, 0.15) is 5.54 Å². The van der Waals surface area contributed by atoms with E-state index in [1.165, 1.54) is 0 Å². The molecule has 0 amide bonds. The second-order valence-electron chi connectivity index (χ2n) is 6.47. The molecule has 0 spiro atoms. The van der Waals surface area contributed by atoms with E-state index in [1.807, 2.05) is 20.8 Å². The number of carboxylic acid groups (broad SMARTS) is 1. The van der Waals surface area contributed by atoms with Crippen LogP contribution in [0.5, 0.6) is 0 Å². The number of rotatable bonds is 8. The molecule has 106 valence electrons. The maximum atomic E-state index is 11.3. The topological polar surface area (TPSA) is 58.6 Å². The summed E-state index contributed by atoms with van der Waals surface area (Å²) in [6.45, 7) is 8.58. The van der Waals surface area contributed by atoms with Crippen LogP contribution in [0.15, 0.2) is 0 Å². The van der Waals surface area contributed by atoms with Crippen LogP contribution < -0.4 is 5.32 Å². The van der Waals surface area contributed by atoms with E-state index in [1.54, 1.807) is 6.92 Å². The van der Waals surface area contributed by atoms with Gasteiger partial charge in [0, 0.05) is 12.6 Å². The number of aliphatic carboxylic acids is 1. The third-order valence-electron chi connectivity index (χ3n) is 3.18. The molecule has 0 aromatic rings. The van der Waals surface area contributed by atoms with Crippen LogP contribution in [0.25, 0.3) is 0 Å². The summed E-state index contributed by atoms with van der Waals surface area (Å²) >= 11 is 0. The van der Waals surface area contributed by atoms with Crippen molar-refractivity contribution in [1.29, 1.82) is 0 Å². The Morgan fingerprint density at radius 1 is 1.28 bits per heavy atom. The summed E-state index contributed by atoms with van der Waals surface area (Å²) in [6.07, 6.45) is 4.66. The standard InChI is InChI=1S/C14H27NO3/c1-13(2,3)18-10-6-5-9-14(4,12(16)17)15-11-7-8-11/h11,15H,5-10H2,1-4H3,(H,16,17). The maximum Gasteiger partial charge on any atom is 0.323 e. The van der Waals surface area contributed by atoms with E-state index in [2.05, 4.69) is 5.32 Å². The first-order valence-corrected chi connectivity index (χ1v) is 6.88. The predicted octanol–water partition coefficient (Wildman–Crippen LogP) is 2.57. The lowest BCUT2D eigenvalue weighted by Gasteiger charge is -2.26. The van der Waals surface area contributed by atoms with E-state index >= 15 is 0 Å². The Labute approximate surface area is 110 Å². The molecule has 0 saturated heterocycles. The highest BCUT2D eigenvalue weighted by Crippen LogP contribution is 2.25. The number of ether oxygens (including phenoxy) is 1. The molecular weight excluding hydrogens is 230 g/mol.